The number of alkyl halides is 4. The molecule has 51 heavy (non-hydrogen) atoms. The van der Waals surface area contributed by atoms with Crippen LogP contribution >= 0.6 is 11.3 Å². The van der Waals surface area contributed by atoms with Gasteiger partial charge in [0, 0.05) is 55.4 Å². The fourth-order valence-electron chi connectivity index (χ4n) is 8.44. The third-order valence-electron chi connectivity index (χ3n) is 10.8. The summed E-state index contributed by atoms with van der Waals surface area (Å²) in [4.78, 5) is 26.7. The summed E-state index contributed by atoms with van der Waals surface area (Å²) in [7, 11) is 0. The van der Waals surface area contributed by atoms with Crippen LogP contribution in [0.25, 0.3) is 32.1 Å². The molecule has 0 spiro atoms. The minimum Gasteiger partial charge on any atom is -0.461 e. The zero-order chi connectivity index (χ0) is 36.6. The highest BCUT2D eigenvalue weighted by Crippen LogP contribution is 2.48. The number of nitriles is 1. The lowest BCUT2D eigenvalue weighted by Crippen LogP contribution is -2.45. The van der Waals surface area contributed by atoms with Gasteiger partial charge in [0.05, 0.1) is 27.4 Å². The first kappa shape index (κ1) is 35.1. The minimum atomic E-state index is -5.12. The van der Waals surface area contributed by atoms with E-state index in [1.807, 2.05) is 17.9 Å². The van der Waals surface area contributed by atoms with Gasteiger partial charge in [-0.1, -0.05) is 6.07 Å². The molecule has 9 nitrogen and oxygen atoms in total. The Kier molecular flexibility index (Phi) is 8.73. The largest absolute Gasteiger partial charge is 0.461 e. The summed E-state index contributed by atoms with van der Waals surface area (Å²) in [5.41, 5.74) is 1.90. The zero-order valence-corrected chi connectivity index (χ0v) is 28.9. The van der Waals surface area contributed by atoms with Crippen molar-refractivity contribution in [3.63, 3.8) is 0 Å². The highest BCUT2D eigenvalue weighted by atomic mass is 32.1. The number of carbonyl (C=O) groups is 1. The Morgan fingerprint density at radius 3 is 2.69 bits per heavy atom. The SMILES string of the molecule is CCN(c1nc(OC[C@@]23CCCN2C[C@H](F)C3)nc2c(F)c(-c3ccc(F)c4sc(N)c(C#N)c34)c(C(F)(F)F)cc12)[C@H]1CCN(C(C)=O)[C@H]1C. The quantitative estimate of drug-likeness (QED) is 0.202. The summed E-state index contributed by atoms with van der Waals surface area (Å²) in [5, 5.41) is 9.24. The Hall–Kier alpha value is -4.36. The topological polar surface area (TPSA) is 112 Å². The van der Waals surface area contributed by atoms with E-state index in [2.05, 4.69) is 9.97 Å². The van der Waals surface area contributed by atoms with Crippen LogP contribution in [0.15, 0.2) is 18.2 Å². The molecule has 0 saturated carbocycles. The molecule has 270 valence electrons. The summed E-state index contributed by atoms with van der Waals surface area (Å²) in [6, 6.07) is 3.46. The highest BCUT2D eigenvalue weighted by molar-refractivity contribution is 7.23. The van der Waals surface area contributed by atoms with Crippen LogP contribution in [0.5, 0.6) is 6.01 Å². The van der Waals surface area contributed by atoms with Gasteiger partial charge in [0.15, 0.2) is 5.82 Å². The van der Waals surface area contributed by atoms with Gasteiger partial charge < -0.3 is 20.3 Å². The van der Waals surface area contributed by atoms with Crippen LogP contribution in [-0.4, -0.2) is 82.3 Å². The molecule has 1 amide bonds. The fraction of sp³-hybridized carbons (Fsp3) is 0.486. The number of nitrogens with zero attached hydrogens (tertiary/aromatic N) is 6. The first-order valence-corrected chi connectivity index (χ1v) is 17.6. The molecular weight excluding hydrogens is 696 g/mol. The van der Waals surface area contributed by atoms with Gasteiger partial charge in [0.2, 0.25) is 5.91 Å². The maximum Gasteiger partial charge on any atom is 0.417 e. The number of likely N-dealkylation sites (N-methyl/N-ethyl adjacent to an activating group) is 1. The highest BCUT2D eigenvalue weighted by Gasteiger charge is 2.49. The molecule has 3 fully saturated rings. The van der Waals surface area contributed by atoms with Crippen LogP contribution in [0.2, 0.25) is 0 Å². The van der Waals surface area contributed by atoms with Gasteiger partial charge in [-0.2, -0.15) is 28.4 Å². The van der Waals surface area contributed by atoms with Crippen LogP contribution < -0.4 is 15.4 Å². The number of nitrogens with two attached hydrogens (primary N) is 1. The van der Waals surface area contributed by atoms with Crippen molar-refractivity contribution in [3.05, 3.63) is 41.0 Å². The molecule has 5 heterocycles. The minimum absolute atomic E-state index is 0.0180. The normalized spacial score (nSPS) is 23.7. The van der Waals surface area contributed by atoms with Crippen LogP contribution in [0.1, 0.15) is 57.6 Å². The van der Waals surface area contributed by atoms with E-state index in [0.717, 1.165) is 24.6 Å². The second kappa shape index (κ2) is 12.7. The number of aromatic nitrogens is 2. The maximum absolute atomic E-state index is 17.2. The molecule has 2 aromatic carbocycles. The Morgan fingerprint density at radius 2 is 2.02 bits per heavy atom. The van der Waals surface area contributed by atoms with Gasteiger partial charge >= 0.3 is 12.2 Å². The van der Waals surface area contributed by atoms with Crippen molar-refractivity contribution in [1.29, 1.82) is 5.26 Å². The number of likely N-dealkylation sites (tertiary alicyclic amines) is 1. The third kappa shape index (κ3) is 5.69. The summed E-state index contributed by atoms with van der Waals surface area (Å²) >= 11 is 0.681. The van der Waals surface area contributed by atoms with E-state index in [4.69, 9.17) is 10.5 Å². The monoisotopic (exact) mass is 731 g/mol. The summed E-state index contributed by atoms with van der Waals surface area (Å²) in [5.74, 6) is -2.38. The summed E-state index contributed by atoms with van der Waals surface area (Å²) < 4.78 is 97.9. The Balaban J connectivity index is 1.47. The molecule has 0 radical (unpaired) electrons. The third-order valence-corrected chi connectivity index (χ3v) is 11.8. The van der Waals surface area contributed by atoms with Gasteiger partial charge in [-0.3, -0.25) is 9.69 Å². The number of benzene rings is 2. The molecule has 0 unspecified atom stereocenters. The van der Waals surface area contributed by atoms with E-state index in [-0.39, 0.29) is 81.5 Å². The van der Waals surface area contributed by atoms with Crippen molar-refractivity contribution in [2.24, 2.45) is 0 Å². The number of halogens is 6. The molecule has 2 aromatic heterocycles. The lowest BCUT2D eigenvalue weighted by atomic mass is 9.92. The van der Waals surface area contributed by atoms with Gasteiger partial charge in [-0.25, -0.2) is 13.2 Å². The van der Waals surface area contributed by atoms with Crippen LogP contribution in [0.4, 0.5) is 37.2 Å². The molecule has 3 aliphatic heterocycles. The lowest BCUT2D eigenvalue weighted by Gasteiger charge is -2.34. The van der Waals surface area contributed by atoms with Crippen LogP contribution in [0, 0.1) is 23.0 Å². The van der Waals surface area contributed by atoms with Crippen molar-refractivity contribution >= 4 is 49.1 Å². The lowest BCUT2D eigenvalue weighted by molar-refractivity contribution is -0.137. The number of hydrogen-bond acceptors (Lipinski definition) is 9. The Labute approximate surface area is 293 Å². The van der Waals surface area contributed by atoms with Crippen molar-refractivity contribution in [2.75, 3.05) is 43.4 Å². The molecule has 0 aliphatic carbocycles. The van der Waals surface area contributed by atoms with Gasteiger partial charge in [-0.15, -0.1) is 11.3 Å². The fourth-order valence-corrected chi connectivity index (χ4v) is 9.39. The number of rotatable bonds is 7. The molecule has 3 aliphatic rings. The molecular formula is C35H35F6N7O2S. The molecule has 3 saturated heterocycles. The number of thiophene rings is 1. The predicted molar refractivity (Wildman–Crippen MR) is 181 cm³/mol. The van der Waals surface area contributed by atoms with Crippen molar-refractivity contribution in [3.8, 4) is 23.2 Å². The van der Waals surface area contributed by atoms with Crippen molar-refractivity contribution in [1.82, 2.24) is 19.8 Å². The molecule has 7 rings (SSSR count). The number of ether oxygens (including phenoxy) is 1. The average Bonchev–Trinajstić information content (AvgIpc) is 3.81. The summed E-state index contributed by atoms with van der Waals surface area (Å²) in [6.45, 7) is 6.62. The second-order valence-electron chi connectivity index (χ2n) is 13.5. The number of nitrogen functional groups attached to an aromatic ring is 1. The average molecular weight is 732 g/mol. The number of carbonyl (C=O) groups excluding carboxylic acids is 1. The number of fused-ring (bicyclic) bond motifs is 3. The number of anilines is 2. The van der Waals surface area contributed by atoms with Gasteiger partial charge in [0.1, 0.15) is 41.0 Å². The first-order valence-electron chi connectivity index (χ1n) is 16.8. The second-order valence-corrected chi connectivity index (χ2v) is 14.6. The maximum atomic E-state index is 17.2. The smallest absolute Gasteiger partial charge is 0.417 e. The van der Waals surface area contributed by atoms with Crippen LogP contribution in [-0.2, 0) is 11.0 Å². The van der Waals surface area contributed by atoms with E-state index in [9.17, 15) is 18.8 Å². The molecule has 4 aromatic rings. The predicted octanol–water partition coefficient (Wildman–Crippen LogP) is 7.05. The van der Waals surface area contributed by atoms with Gasteiger partial charge in [-0.05, 0) is 57.4 Å². The number of amides is 1. The van der Waals surface area contributed by atoms with E-state index < -0.39 is 52.2 Å². The Morgan fingerprint density at radius 1 is 1.25 bits per heavy atom. The zero-order valence-electron chi connectivity index (χ0n) is 28.1. The van der Waals surface area contributed by atoms with Crippen molar-refractivity contribution in [2.45, 2.75) is 76.4 Å². The van der Waals surface area contributed by atoms with Crippen molar-refractivity contribution < 1.29 is 35.9 Å². The van der Waals surface area contributed by atoms with Gasteiger partial charge in [0.25, 0.3) is 0 Å². The number of hydrogen-bond donors (Lipinski definition) is 1. The summed E-state index contributed by atoms with van der Waals surface area (Å²) in [6.07, 6.45) is -3.97. The van der Waals surface area contributed by atoms with E-state index >= 15 is 17.6 Å². The molecule has 2 N–H and O–H groups in total. The first-order chi connectivity index (χ1) is 24.2. The molecule has 0 bridgehead atoms. The van der Waals surface area contributed by atoms with E-state index in [0.29, 0.717) is 37.3 Å². The Bertz CT molecular complexity index is 2100. The molecule has 4 atom stereocenters. The standard InChI is InChI=1S/C35H35F6N7O2S/c1-4-47(25-8-11-48(17(25)2)18(3)49)32-21-12-23(35(39,40)41)27(20-6-7-24(37)30-26(20)22(14-42)31(43)51-30)28(38)29(21)44-33(45-32)50-16-34-9-5-10-46(34)15-19(36)13-34/h6-7,12,17,19,25H,4-5,8-11,13,15-16,43H2,1-3H3/t17-,19+,25-,34-/m0/s1. The van der Waals surface area contributed by atoms with Crippen LogP contribution in [0.3, 0.4) is 0 Å². The molecule has 16 heteroatoms. The van der Waals surface area contributed by atoms with E-state index in [1.54, 1.807) is 16.7 Å². The van der Waals surface area contributed by atoms with E-state index in [1.165, 1.54) is 6.92 Å².